The van der Waals surface area contributed by atoms with E-state index in [-0.39, 0.29) is 0 Å². The molecule has 1 aromatic heterocycles. The highest BCUT2D eigenvalue weighted by Gasteiger charge is 2.05. The Kier molecular flexibility index (Phi) is 2.79. The SMILES string of the molecule is Nc1cn(Cc2cccc(Cl)c2Cl)nn1. The van der Waals surface area contributed by atoms with Gasteiger partial charge in [-0.2, -0.15) is 0 Å². The lowest BCUT2D eigenvalue weighted by Gasteiger charge is -2.04. The third-order valence-corrected chi connectivity index (χ3v) is 2.78. The van der Waals surface area contributed by atoms with Crippen molar-refractivity contribution in [3.8, 4) is 0 Å². The molecular weight excluding hydrogens is 235 g/mol. The Morgan fingerprint density at radius 2 is 2.13 bits per heavy atom. The maximum Gasteiger partial charge on any atom is 0.165 e. The molecule has 0 saturated carbocycles. The standard InChI is InChI=1S/C9H8Cl2N4/c10-7-3-1-2-6(9(7)11)4-15-5-8(12)13-14-15/h1-3,5H,4,12H2. The first-order valence-corrected chi connectivity index (χ1v) is 5.01. The lowest BCUT2D eigenvalue weighted by Crippen LogP contribution is -2.01. The first-order valence-electron chi connectivity index (χ1n) is 4.25. The zero-order valence-electron chi connectivity index (χ0n) is 7.69. The normalized spacial score (nSPS) is 10.5. The summed E-state index contributed by atoms with van der Waals surface area (Å²) in [5.41, 5.74) is 6.33. The molecule has 0 amide bonds. The van der Waals surface area contributed by atoms with E-state index < -0.39 is 0 Å². The molecule has 0 fully saturated rings. The van der Waals surface area contributed by atoms with E-state index in [0.717, 1.165) is 5.56 Å². The van der Waals surface area contributed by atoms with Crippen LogP contribution in [0.3, 0.4) is 0 Å². The van der Waals surface area contributed by atoms with Gasteiger partial charge in [0, 0.05) is 0 Å². The van der Waals surface area contributed by atoms with Crippen molar-refractivity contribution < 1.29 is 0 Å². The predicted octanol–water partition coefficient (Wildman–Crippen LogP) is 2.22. The number of nitrogens with zero attached hydrogens (tertiary/aromatic N) is 3. The zero-order chi connectivity index (χ0) is 10.8. The number of nitrogen functional groups attached to an aromatic ring is 1. The van der Waals surface area contributed by atoms with Gasteiger partial charge in [0.1, 0.15) is 0 Å². The van der Waals surface area contributed by atoms with Gasteiger partial charge in [0.25, 0.3) is 0 Å². The Bertz CT molecular complexity index is 481. The third kappa shape index (κ3) is 2.22. The van der Waals surface area contributed by atoms with Crippen LogP contribution in [0.2, 0.25) is 10.0 Å². The minimum atomic E-state index is 0.383. The second kappa shape index (κ2) is 4.08. The van der Waals surface area contributed by atoms with Gasteiger partial charge in [0.15, 0.2) is 5.82 Å². The van der Waals surface area contributed by atoms with Crippen LogP contribution in [-0.2, 0) is 6.54 Å². The van der Waals surface area contributed by atoms with Crippen molar-refractivity contribution in [3.05, 3.63) is 40.0 Å². The third-order valence-electron chi connectivity index (χ3n) is 1.92. The highest BCUT2D eigenvalue weighted by molar-refractivity contribution is 6.42. The Labute approximate surface area is 96.6 Å². The summed E-state index contributed by atoms with van der Waals surface area (Å²) < 4.78 is 1.60. The smallest absolute Gasteiger partial charge is 0.165 e. The van der Waals surface area contributed by atoms with E-state index in [0.29, 0.717) is 22.4 Å². The lowest BCUT2D eigenvalue weighted by molar-refractivity contribution is 0.650. The van der Waals surface area contributed by atoms with Gasteiger partial charge < -0.3 is 5.73 Å². The van der Waals surface area contributed by atoms with E-state index in [1.807, 2.05) is 12.1 Å². The summed E-state index contributed by atoms with van der Waals surface area (Å²) in [6, 6.07) is 5.46. The number of hydrogen-bond donors (Lipinski definition) is 1. The number of benzene rings is 1. The van der Waals surface area contributed by atoms with Crippen LogP contribution in [0.4, 0.5) is 5.82 Å². The molecule has 0 bridgehead atoms. The summed E-state index contributed by atoms with van der Waals surface area (Å²) >= 11 is 11.9. The molecule has 0 saturated heterocycles. The summed E-state index contributed by atoms with van der Waals surface area (Å²) in [6.45, 7) is 0.504. The second-order valence-corrected chi connectivity index (χ2v) is 3.84. The molecule has 1 heterocycles. The zero-order valence-corrected chi connectivity index (χ0v) is 9.20. The quantitative estimate of drug-likeness (QED) is 0.879. The van der Waals surface area contributed by atoms with Gasteiger partial charge in [-0.15, -0.1) is 5.10 Å². The van der Waals surface area contributed by atoms with Crippen molar-refractivity contribution >= 4 is 29.0 Å². The van der Waals surface area contributed by atoms with Crippen molar-refractivity contribution in [2.45, 2.75) is 6.54 Å². The van der Waals surface area contributed by atoms with Crippen molar-refractivity contribution in [1.82, 2.24) is 15.0 Å². The molecule has 78 valence electrons. The highest BCUT2D eigenvalue weighted by atomic mass is 35.5. The van der Waals surface area contributed by atoms with Gasteiger partial charge in [-0.3, -0.25) is 0 Å². The van der Waals surface area contributed by atoms with Crippen molar-refractivity contribution in [2.75, 3.05) is 5.73 Å². The largest absolute Gasteiger partial charge is 0.381 e. The van der Waals surface area contributed by atoms with Crippen LogP contribution in [0.25, 0.3) is 0 Å². The maximum atomic E-state index is 6.03. The van der Waals surface area contributed by atoms with Gasteiger partial charge in [0.2, 0.25) is 0 Å². The van der Waals surface area contributed by atoms with Crippen LogP contribution in [0, 0.1) is 0 Å². The van der Waals surface area contributed by atoms with Crippen molar-refractivity contribution in [1.29, 1.82) is 0 Å². The Balaban J connectivity index is 2.28. The van der Waals surface area contributed by atoms with E-state index in [1.165, 1.54) is 0 Å². The summed E-state index contributed by atoms with van der Waals surface area (Å²) in [6.07, 6.45) is 1.64. The molecule has 1 aromatic carbocycles. The predicted molar refractivity (Wildman–Crippen MR) is 60.0 cm³/mol. The minimum Gasteiger partial charge on any atom is -0.381 e. The molecule has 2 aromatic rings. The molecule has 2 rings (SSSR count). The van der Waals surface area contributed by atoms with Crippen LogP contribution in [-0.4, -0.2) is 15.0 Å². The first kappa shape index (κ1) is 10.3. The number of anilines is 1. The summed E-state index contributed by atoms with van der Waals surface area (Å²) in [4.78, 5) is 0. The Morgan fingerprint density at radius 1 is 1.33 bits per heavy atom. The molecule has 15 heavy (non-hydrogen) atoms. The van der Waals surface area contributed by atoms with E-state index >= 15 is 0 Å². The molecule has 6 heteroatoms. The summed E-state index contributed by atoms with van der Waals surface area (Å²) in [5.74, 6) is 0.383. The molecule has 0 aliphatic heterocycles. The number of aromatic nitrogens is 3. The Morgan fingerprint density at radius 3 is 2.80 bits per heavy atom. The monoisotopic (exact) mass is 242 g/mol. The summed E-state index contributed by atoms with van der Waals surface area (Å²) in [7, 11) is 0. The summed E-state index contributed by atoms with van der Waals surface area (Å²) in [5, 5.41) is 8.57. The van der Waals surface area contributed by atoms with Crippen LogP contribution >= 0.6 is 23.2 Å². The van der Waals surface area contributed by atoms with Gasteiger partial charge >= 0.3 is 0 Å². The molecule has 4 nitrogen and oxygen atoms in total. The highest BCUT2D eigenvalue weighted by Crippen LogP contribution is 2.25. The number of rotatable bonds is 2. The average molecular weight is 243 g/mol. The molecule has 0 spiro atoms. The average Bonchev–Trinajstić information content (AvgIpc) is 2.59. The topological polar surface area (TPSA) is 56.7 Å². The van der Waals surface area contributed by atoms with Gasteiger partial charge in [-0.25, -0.2) is 4.68 Å². The van der Waals surface area contributed by atoms with Gasteiger partial charge in [-0.05, 0) is 11.6 Å². The minimum absolute atomic E-state index is 0.383. The fourth-order valence-corrected chi connectivity index (χ4v) is 1.62. The van der Waals surface area contributed by atoms with Gasteiger partial charge in [-0.1, -0.05) is 40.5 Å². The van der Waals surface area contributed by atoms with Crippen LogP contribution in [0.1, 0.15) is 5.56 Å². The van der Waals surface area contributed by atoms with E-state index in [4.69, 9.17) is 28.9 Å². The second-order valence-electron chi connectivity index (χ2n) is 3.05. The molecule has 0 aliphatic rings. The molecular formula is C9H8Cl2N4. The van der Waals surface area contributed by atoms with E-state index in [9.17, 15) is 0 Å². The van der Waals surface area contributed by atoms with Crippen molar-refractivity contribution in [2.24, 2.45) is 0 Å². The number of nitrogens with two attached hydrogens (primary N) is 1. The first-order chi connectivity index (χ1) is 7.16. The van der Waals surface area contributed by atoms with E-state index in [1.54, 1.807) is 16.9 Å². The molecule has 0 atom stereocenters. The lowest BCUT2D eigenvalue weighted by atomic mass is 10.2. The molecule has 0 unspecified atom stereocenters. The number of hydrogen-bond acceptors (Lipinski definition) is 3. The number of halogens is 2. The van der Waals surface area contributed by atoms with Crippen LogP contribution < -0.4 is 5.73 Å². The maximum absolute atomic E-state index is 6.03. The molecule has 2 N–H and O–H groups in total. The van der Waals surface area contributed by atoms with Crippen LogP contribution in [0.15, 0.2) is 24.4 Å². The fraction of sp³-hybridized carbons (Fsp3) is 0.111. The Hall–Kier alpha value is -1.26. The molecule has 0 radical (unpaired) electrons. The van der Waals surface area contributed by atoms with Crippen LogP contribution in [0.5, 0.6) is 0 Å². The van der Waals surface area contributed by atoms with Gasteiger partial charge in [0.05, 0.1) is 22.8 Å². The molecule has 0 aliphatic carbocycles. The van der Waals surface area contributed by atoms with E-state index in [2.05, 4.69) is 10.3 Å². The fourth-order valence-electron chi connectivity index (χ4n) is 1.24. The van der Waals surface area contributed by atoms with Crippen molar-refractivity contribution in [3.63, 3.8) is 0 Å².